The second kappa shape index (κ2) is 9.04. The average Bonchev–Trinajstić information content (AvgIpc) is 3.22. The van der Waals surface area contributed by atoms with Crippen molar-refractivity contribution >= 4 is 56.0 Å². The maximum Gasteiger partial charge on any atom is 0.416 e. The fraction of sp³-hybridized carbons (Fsp3) is 0.0526. The van der Waals surface area contributed by atoms with Crippen LogP contribution in [0.15, 0.2) is 70.9 Å². The molecule has 1 aromatic heterocycles. The SMILES string of the molecule is O=C(NC(=S)Nc1cccc(S(=O)(=O)Nc2cccc(C(F)(F)F)c2)c1)c1cccs1. The Kier molecular flexibility index (Phi) is 6.62. The third-order valence-corrected chi connectivity index (χ3v) is 6.27. The molecule has 6 nitrogen and oxygen atoms in total. The van der Waals surface area contributed by atoms with Gasteiger partial charge in [0, 0.05) is 11.4 Å². The summed E-state index contributed by atoms with van der Waals surface area (Å²) in [6, 6.07) is 12.6. The predicted molar refractivity (Wildman–Crippen MR) is 117 cm³/mol. The molecule has 0 aliphatic heterocycles. The van der Waals surface area contributed by atoms with Crippen LogP contribution in [0.3, 0.4) is 0 Å². The molecule has 0 spiro atoms. The highest BCUT2D eigenvalue weighted by Gasteiger charge is 2.30. The molecule has 12 heteroatoms. The van der Waals surface area contributed by atoms with Crippen LogP contribution in [0, 0.1) is 0 Å². The number of carbonyl (C=O) groups excluding carboxylic acids is 1. The van der Waals surface area contributed by atoms with E-state index in [-0.39, 0.29) is 21.4 Å². The summed E-state index contributed by atoms with van der Waals surface area (Å²) >= 11 is 6.30. The summed E-state index contributed by atoms with van der Waals surface area (Å²) in [6.45, 7) is 0. The third-order valence-electron chi connectivity index (χ3n) is 3.82. The first kappa shape index (κ1) is 22.7. The second-order valence-corrected chi connectivity index (χ2v) is 9.14. The van der Waals surface area contributed by atoms with Crippen LogP contribution in [-0.4, -0.2) is 19.4 Å². The van der Waals surface area contributed by atoms with Gasteiger partial charge < -0.3 is 5.32 Å². The number of amides is 1. The topological polar surface area (TPSA) is 87.3 Å². The van der Waals surface area contributed by atoms with E-state index in [0.717, 1.165) is 12.1 Å². The van der Waals surface area contributed by atoms with Crippen molar-refractivity contribution in [3.05, 3.63) is 76.5 Å². The normalized spacial score (nSPS) is 11.6. The predicted octanol–water partition coefficient (Wildman–Crippen LogP) is 4.69. The van der Waals surface area contributed by atoms with Gasteiger partial charge >= 0.3 is 6.18 Å². The Balaban J connectivity index is 1.73. The quantitative estimate of drug-likeness (QED) is 0.457. The van der Waals surface area contributed by atoms with Gasteiger partial charge in [-0.15, -0.1) is 11.3 Å². The van der Waals surface area contributed by atoms with Crippen molar-refractivity contribution in [2.45, 2.75) is 11.1 Å². The lowest BCUT2D eigenvalue weighted by atomic mass is 10.2. The van der Waals surface area contributed by atoms with Gasteiger partial charge in [-0.3, -0.25) is 14.8 Å². The molecule has 0 saturated carbocycles. The number of alkyl halides is 3. The molecule has 3 rings (SSSR count). The molecule has 3 N–H and O–H groups in total. The van der Waals surface area contributed by atoms with Gasteiger partial charge in [0.2, 0.25) is 0 Å². The number of nitrogens with one attached hydrogen (secondary N) is 3. The minimum atomic E-state index is -4.60. The Hall–Kier alpha value is -2.96. The summed E-state index contributed by atoms with van der Waals surface area (Å²) in [5.74, 6) is -0.414. The van der Waals surface area contributed by atoms with Gasteiger partial charge in [0.15, 0.2) is 5.11 Å². The zero-order valence-electron chi connectivity index (χ0n) is 15.4. The molecule has 2 aromatic carbocycles. The number of carbonyl (C=O) groups is 1. The van der Waals surface area contributed by atoms with Crippen molar-refractivity contribution in [1.82, 2.24) is 5.32 Å². The van der Waals surface area contributed by atoms with Crippen LogP contribution in [0.4, 0.5) is 24.5 Å². The van der Waals surface area contributed by atoms with E-state index in [9.17, 15) is 26.4 Å². The fourth-order valence-corrected chi connectivity index (χ4v) is 4.37. The van der Waals surface area contributed by atoms with Gasteiger partial charge in [-0.25, -0.2) is 8.42 Å². The number of benzene rings is 2. The Morgan fingerprint density at radius 2 is 1.68 bits per heavy atom. The van der Waals surface area contributed by atoms with Gasteiger partial charge in [0.05, 0.1) is 15.3 Å². The molecule has 1 heterocycles. The summed E-state index contributed by atoms with van der Waals surface area (Å²) in [6.07, 6.45) is -4.60. The molecule has 0 bridgehead atoms. The zero-order chi connectivity index (χ0) is 22.6. The zero-order valence-corrected chi connectivity index (χ0v) is 17.9. The van der Waals surface area contributed by atoms with Gasteiger partial charge in [0.25, 0.3) is 15.9 Å². The Labute approximate surface area is 185 Å². The van der Waals surface area contributed by atoms with Crippen molar-refractivity contribution in [3.8, 4) is 0 Å². The van der Waals surface area contributed by atoms with Crippen molar-refractivity contribution in [2.75, 3.05) is 10.0 Å². The molecule has 0 saturated heterocycles. The van der Waals surface area contributed by atoms with Crippen molar-refractivity contribution < 1.29 is 26.4 Å². The lowest BCUT2D eigenvalue weighted by Crippen LogP contribution is -2.33. The molecule has 1 amide bonds. The first-order valence-electron chi connectivity index (χ1n) is 8.50. The minimum absolute atomic E-state index is 0.0428. The monoisotopic (exact) mass is 485 g/mol. The number of halogens is 3. The summed E-state index contributed by atoms with van der Waals surface area (Å²) < 4.78 is 65.9. The van der Waals surface area contributed by atoms with Gasteiger partial charge in [0.1, 0.15) is 0 Å². The average molecular weight is 486 g/mol. The van der Waals surface area contributed by atoms with Crippen LogP contribution in [0.1, 0.15) is 15.2 Å². The molecule has 0 unspecified atom stereocenters. The van der Waals surface area contributed by atoms with Gasteiger partial charge in [-0.1, -0.05) is 18.2 Å². The molecule has 162 valence electrons. The highest BCUT2D eigenvalue weighted by molar-refractivity contribution is 7.92. The molecular formula is C19H14F3N3O3S3. The highest BCUT2D eigenvalue weighted by atomic mass is 32.2. The molecule has 3 aromatic rings. The van der Waals surface area contributed by atoms with Crippen LogP contribution in [0.25, 0.3) is 0 Å². The number of anilines is 2. The number of hydrogen-bond donors (Lipinski definition) is 3. The van der Waals surface area contributed by atoms with Gasteiger partial charge in [-0.2, -0.15) is 13.2 Å². The molecule has 0 atom stereocenters. The van der Waals surface area contributed by atoms with E-state index in [4.69, 9.17) is 12.2 Å². The number of sulfonamides is 1. The van der Waals surface area contributed by atoms with Crippen LogP contribution in [-0.2, 0) is 16.2 Å². The molecule has 0 aliphatic carbocycles. The number of hydrogen-bond acceptors (Lipinski definition) is 5. The van der Waals surface area contributed by atoms with Crippen LogP contribution < -0.4 is 15.4 Å². The van der Waals surface area contributed by atoms with E-state index in [2.05, 4.69) is 15.4 Å². The fourth-order valence-electron chi connectivity index (χ4n) is 2.45. The largest absolute Gasteiger partial charge is 0.416 e. The van der Waals surface area contributed by atoms with E-state index >= 15 is 0 Å². The smallest absolute Gasteiger partial charge is 0.332 e. The first-order valence-corrected chi connectivity index (χ1v) is 11.3. The van der Waals surface area contributed by atoms with Crippen LogP contribution >= 0.6 is 23.6 Å². The van der Waals surface area contributed by atoms with E-state index in [0.29, 0.717) is 10.9 Å². The Morgan fingerprint density at radius 3 is 2.35 bits per heavy atom. The van der Waals surface area contributed by atoms with E-state index in [1.165, 1.54) is 41.7 Å². The van der Waals surface area contributed by atoms with E-state index in [1.54, 1.807) is 17.5 Å². The molecule has 31 heavy (non-hydrogen) atoms. The van der Waals surface area contributed by atoms with Crippen molar-refractivity contribution in [1.29, 1.82) is 0 Å². The molecule has 0 aliphatic rings. The minimum Gasteiger partial charge on any atom is -0.332 e. The van der Waals surface area contributed by atoms with Crippen LogP contribution in [0.2, 0.25) is 0 Å². The Bertz CT molecular complexity index is 1210. The summed E-state index contributed by atoms with van der Waals surface area (Å²) in [7, 11) is -4.18. The van der Waals surface area contributed by atoms with Crippen molar-refractivity contribution in [3.63, 3.8) is 0 Å². The molecule has 0 radical (unpaired) electrons. The molecular weight excluding hydrogens is 471 g/mol. The maximum absolute atomic E-state index is 12.9. The third kappa shape index (κ3) is 6.03. The number of thiocarbonyl (C=S) groups is 1. The van der Waals surface area contributed by atoms with E-state index in [1.807, 2.05) is 0 Å². The Morgan fingerprint density at radius 1 is 0.968 bits per heavy atom. The lowest BCUT2D eigenvalue weighted by Gasteiger charge is -2.13. The molecule has 0 fully saturated rings. The van der Waals surface area contributed by atoms with Gasteiger partial charge in [-0.05, 0) is 60.1 Å². The maximum atomic E-state index is 12.9. The van der Waals surface area contributed by atoms with Crippen LogP contribution in [0.5, 0.6) is 0 Å². The summed E-state index contributed by atoms with van der Waals surface area (Å²) in [5, 5.41) is 6.86. The van der Waals surface area contributed by atoms with Crippen molar-refractivity contribution in [2.24, 2.45) is 0 Å². The highest BCUT2D eigenvalue weighted by Crippen LogP contribution is 2.31. The standard InChI is InChI=1S/C19H14F3N3O3S3/c20-19(21,22)12-4-1-6-14(10-12)25-31(27,28)15-7-2-5-13(11-15)23-18(29)24-17(26)16-8-3-9-30-16/h1-11,25H,(H2,23,24,26,29). The van der Waals surface area contributed by atoms with E-state index < -0.39 is 27.7 Å². The summed E-state index contributed by atoms with van der Waals surface area (Å²) in [5.41, 5.74) is -0.940. The lowest BCUT2D eigenvalue weighted by molar-refractivity contribution is -0.137. The first-order chi connectivity index (χ1) is 14.5. The summed E-state index contributed by atoms with van der Waals surface area (Å²) in [4.78, 5) is 12.3. The number of rotatable bonds is 5. The number of thiophene rings is 1. The second-order valence-electron chi connectivity index (χ2n) is 6.10.